The summed E-state index contributed by atoms with van der Waals surface area (Å²) in [5.41, 5.74) is 3.35. The number of anilines is 1. The Kier molecular flexibility index (Phi) is 5.55. The summed E-state index contributed by atoms with van der Waals surface area (Å²) in [6.45, 7) is 0.672. The molecule has 1 aliphatic heterocycles. The average molecular weight is 448 g/mol. The summed E-state index contributed by atoms with van der Waals surface area (Å²) in [6, 6.07) is 16.6. The van der Waals surface area contributed by atoms with Crippen LogP contribution in [0.15, 0.2) is 60.0 Å². The largest absolute Gasteiger partial charge is 0.445 e. The topological polar surface area (TPSA) is 100 Å². The minimum atomic E-state index is -0.572. The van der Waals surface area contributed by atoms with Crippen molar-refractivity contribution in [2.24, 2.45) is 0 Å². The number of imidazole rings is 1. The number of H-pyrrole nitrogens is 1. The molecule has 2 aromatic carbocycles. The second-order valence-corrected chi connectivity index (χ2v) is 8.38. The average Bonchev–Trinajstić information content (AvgIpc) is 3.57. The smallest absolute Gasteiger partial charge is 0.410 e. The zero-order valence-corrected chi connectivity index (χ0v) is 18.0. The van der Waals surface area contributed by atoms with Gasteiger partial charge in [0.05, 0.1) is 11.0 Å². The second-order valence-electron chi connectivity index (χ2n) is 7.52. The van der Waals surface area contributed by atoms with E-state index in [9.17, 15) is 9.59 Å². The summed E-state index contributed by atoms with van der Waals surface area (Å²) >= 11 is 1.32. The highest BCUT2D eigenvalue weighted by Gasteiger charge is 2.35. The summed E-state index contributed by atoms with van der Waals surface area (Å²) in [5, 5.41) is 5.15. The maximum atomic E-state index is 12.9. The maximum absolute atomic E-state index is 12.9. The van der Waals surface area contributed by atoms with E-state index in [1.165, 1.54) is 16.2 Å². The van der Waals surface area contributed by atoms with Crippen molar-refractivity contribution in [3.63, 3.8) is 0 Å². The first-order valence-electron chi connectivity index (χ1n) is 10.4. The highest BCUT2D eigenvalue weighted by molar-refractivity contribution is 7.14. The van der Waals surface area contributed by atoms with Crippen LogP contribution in [-0.2, 0) is 16.1 Å². The Morgan fingerprint density at radius 1 is 1.12 bits per heavy atom. The molecule has 162 valence electrons. The monoisotopic (exact) mass is 447 g/mol. The molecule has 1 saturated heterocycles. The first-order chi connectivity index (χ1) is 15.7. The Labute approximate surface area is 188 Å². The van der Waals surface area contributed by atoms with E-state index in [2.05, 4.69) is 20.3 Å². The van der Waals surface area contributed by atoms with Crippen LogP contribution in [0, 0.1) is 0 Å². The number of likely N-dealkylation sites (tertiary alicyclic amines) is 1. The number of carbonyl (C=O) groups is 2. The minimum Gasteiger partial charge on any atom is -0.445 e. The number of amides is 2. The van der Waals surface area contributed by atoms with Crippen LogP contribution in [0.4, 0.5) is 9.93 Å². The van der Waals surface area contributed by atoms with Crippen molar-refractivity contribution in [3.8, 4) is 11.5 Å². The van der Waals surface area contributed by atoms with E-state index in [1.54, 1.807) is 0 Å². The zero-order chi connectivity index (χ0) is 21.9. The van der Waals surface area contributed by atoms with Gasteiger partial charge in [-0.3, -0.25) is 9.69 Å². The highest BCUT2D eigenvalue weighted by atomic mass is 32.1. The van der Waals surface area contributed by atoms with Crippen LogP contribution < -0.4 is 5.32 Å². The number of thiazole rings is 1. The Morgan fingerprint density at radius 2 is 1.94 bits per heavy atom. The van der Waals surface area contributed by atoms with Crippen LogP contribution in [0.25, 0.3) is 22.6 Å². The van der Waals surface area contributed by atoms with Crippen LogP contribution in [0.1, 0.15) is 18.4 Å². The summed E-state index contributed by atoms with van der Waals surface area (Å²) in [5.74, 6) is 0.389. The van der Waals surface area contributed by atoms with Crippen LogP contribution in [0.2, 0.25) is 0 Å². The van der Waals surface area contributed by atoms with Gasteiger partial charge in [0.2, 0.25) is 5.91 Å². The van der Waals surface area contributed by atoms with Gasteiger partial charge in [-0.1, -0.05) is 42.5 Å². The van der Waals surface area contributed by atoms with E-state index in [0.717, 1.165) is 23.0 Å². The molecule has 8 nitrogen and oxygen atoms in total. The molecule has 0 unspecified atom stereocenters. The van der Waals surface area contributed by atoms with Crippen LogP contribution in [-0.4, -0.2) is 44.4 Å². The molecule has 32 heavy (non-hydrogen) atoms. The number of para-hydroxylation sites is 2. The van der Waals surface area contributed by atoms with Crippen molar-refractivity contribution in [2.75, 3.05) is 11.9 Å². The molecule has 2 aromatic heterocycles. The van der Waals surface area contributed by atoms with Gasteiger partial charge in [0.1, 0.15) is 18.3 Å². The van der Waals surface area contributed by atoms with Gasteiger partial charge in [0, 0.05) is 11.9 Å². The third-order valence-electron chi connectivity index (χ3n) is 5.36. The Hall–Kier alpha value is -3.72. The van der Waals surface area contributed by atoms with E-state index in [-0.39, 0.29) is 12.5 Å². The first-order valence-corrected chi connectivity index (χ1v) is 11.2. The molecule has 0 aliphatic carbocycles. The van der Waals surface area contributed by atoms with Crippen molar-refractivity contribution in [3.05, 3.63) is 65.5 Å². The third-order valence-corrected chi connectivity index (χ3v) is 6.12. The van der Waals surface area contributed by atoms with Crippen molar-refractivity contribution in [1.29, 1.82) is 0 Å². The second kappa shape index (κ2) is 8.80. The van der Waals surface area contributed by atoms with Crippen molar-refractivity contribution in [2.45, 2.75) is 25.5 Å². The van der Waals surface area contributed by atoms with Gasteiger partial charge in [0.25, 0.3) is 0 Å². The summed E-state index contributed by atoms with van der Waals surface area (Å²) in [6.07, 6.45) is 0.864. The summed E-state index contributed by atoms with van der Waals surface area (Å²) < 4.78 is 5.41. The number of hydrogen-bond donors (Lipinski definition) is 2. The number of benzene rings is 2. The van der Waals surface area contributed by atoms with E-state index in [0.29, 0.717) is 29.6 Å². The number of fused-ring (bicyclic) bond motifs is 1. The first kappa shape index (κ1) is 20.2. The number of nitrogens with zero attached hydrogens (tertiary/aromatic N) is 3. The van der Waals surface area contributed by atoms with E-state index in [4.69, 9.17) is 4.74 Å². The van der Waals surface area contributed by atoms with Crippen LogP contribution in [0.5, 0.6) is 0 Å². The molecule has 0 spiro atoms. The number of ether oxygens (including phenoxy) is 1. The van der Waals surface area contributed by atoms with E-state index >= 15 is 0 Å². The standard InChI is InChI=1S/C23H21N5O3S/c29-21(19-11-6-12-28(19)23(30)31-13-15-7-2-1-3-8-15)27-22-26-18(14-32-22)20-24-16-9-4-5-10-17(16)25-20/h1-5,7-10,14,19H,6,11-13H2,(H,24,25)(H,26,27,29)/t19-/m0/s1. The normalized spacial score (nSPS) is 15.8. The van der Waals surface area contributed by atoms with Gasteiger partial charge in [-0.2, -0.15) is 0 Å². The third kappa shape index (κ3) is 4.19. The minimum absolute atomic E-state index is 0.178. The molecule has 5 rings (SSSR count). The Balaban J connectivity index is 1.23. The number of nitrogens with one attached hydrogen (secondary N) is 2. The van der Waals surface area contributed by atoms with Crippen LogP contribution in [0.3, 0.4) is 0 Å². The van der Waals surface area contributed by atoms with Gasteiger partial charge < -0.3 is 15.0 Å². The summed E-state index contributed by atoms with van der Waals surface area (Å²) in [7, 11) is 0. The van der Waals surface area contributed by atoms with Gasteiger partial charge in [0.15, 0.2) is 11.0 Å². The fourth-order valence-corrected chi connectivity index (χ4v) is 4.46. The molecule has 9 heteroatoms. The lowest BCUT2D eigenvalue weighted by Crippen LogP contribution is -2.43. The van der Waals surface area contributed by atoms with Gasteiger partial charge in [-0.05, 0) is 30.5 Å². The highest BCUT2D eigenvalue weighted by Crippen LogP contribution is 2.26. The molecule has 1 aliphatic rings. The summed E-state index contributed by atoms with van der Waals surface area (Å²) in [4.78, 5) is 39.2. The molecule has 0 bridgehead atoms. The molecular weight excluding hydrogens is 426 g/mol. The van der Waals surface area contributed by atoms with E-state index < -0.39 is 12.1 Å². The Morgan fingerprint density at radius 3 is 2.78 bits per heavy atom. The molecule has 0 radical (unpaired) electrons. The fourth-order valence-electron chi connectivity index (χ4n) is 3.76. The fraction of sp³-hybridized carbons (Fsp3) is 0.217. The number of hydrogen-bond acceptors (Lipinski definition) is 6. The number of aromatic nitrogens is 3. The number of aromatic amines is 1. The van der Waals surface area contributed by atoms with Gasteiger partial charge in [-0.25, -0.2) is 14.8 Å². The molecule has 1 fully saturated rings. The molecule has 0 saturated carbocycles. The van der Waals surface area contributed by atoms with Gasteiger partial charge >= 0.3 is 6.09 Å². The number of carbonyl (C=O) groups excluding carboxylic acids is 2. The quantitative estimate of drug-likeness (QED) is 0.472. The molecule has 2 N–H and O–H groups in total. The number of rotatable bonds is 5. The SMILES string of the molecule is O=C(Nc1nc(-c2nc3ccccc3[nH]2)cs1)[C@@H]1CCCN1C(=O)OCc1ccccc1. The lowest BCUT2D eigenvalue weighted by Gasteiger charge is -2.22. The molecule has 1 atom stereocenters. The zero-order valence-electron chi connectivity index (χ0n) is 17.2. The lowest BCUT2D eigenvalue weighted by molar-refractivity contribution is -0.120. The predicted octanol–water partition coefficient (Wildman–Crippen LogP) is 4.43. The van der Waals surface area contributed by atoms with E-state index in [1.807, 2.05) is 60.0 Å². The van der Waals surface area contributed by atoms with Crippen molar-refractivity contribution in [1.82, 2.24) is 19.9 Å². The lowest BCUT2D eigenvalue weighted by atomic mass is 10.2. The molecule has 3 heterocycles. The molecule has 4 aromatic rings. The molecule has 2 amide bonds. The van der Waals surface area contributed by atoms with Crippen LogP contribution >= 0.6 is 11.3 Å². The molecular formula is C23H21N5O3S. The predicted molar refractivity (Wildman–Crippen MR) is 122 cm³/mol. The van der Waals surface area contributed by atoms with Crippen molar-refractivity contribution < 1.29 is 14.3 Å². The maximum Gasteiger partial charge on any atom is 0.410 e. The Bertz CT molecular complexity index is 1220. The van der Waals surface area contributed by atoms with Gasteiger partial charge in [-0.15, -0.1) is 11.3 Å². The van der Waals surface area contributed by atoms with Crippen molar-refractivity contribution >= 4 is 39.5 Å².